The Labute approximate surface area is 131 Å². The van der Waals surface area contributed by atoms with Crippen LogP contribution in [0, 0.1) is 0 Å². The van der Waals surface area contributed by atoms with Crippen LogP contribution in [0.3, 0.4) is 0 Å². The summed E-state index contributed by atoms with van der Waals surface area (Å²) in [4.78, 5) is 35.0. The first kappa shape index (κ1) is 15.7. The fourth-order valence-electron chi connectivity index (χ4n) is 1.67. The maximum absolute atomic E-state index is 11.8. The first-order valence-electron chi connectivity index (χ1n) is 6.38. The van der Waals surface area contributed by atoms with Crippen LogP contribution in [0.5, 0.6) is 0 Å². The number of nitrogens with one attached hydrogen (secondary N) is 1. The maximum atomic E-state index is 11.8. The monoisotopic (exact) mass is 317 g/mol. The van der Waals surface area contributed by atoms with E-state index in [1.54, 1.807) is 30.3 Å². The highest BCUT2D eigenvalue weighted by molar-refractivity contribution is 6.45. The zero-order valence-corrected chi connectivity index (χ0v) is 12.2. The van der Waals surface area contributed by atoms with Gasteiger partial charge in [0.1, 0.15) is 6.61 Å². The molecule has 0 bridgehead atoms. The maximum Gasteiger partial charge on any atom is 0.414 e. The second kappa shape index (κ2) is 7.38. The van der Waals surface area contributed by atoms with E-state index in [0.717, 1.165) is 5.56 Å². The fraction of sp³-hybridized carbons (Fsp3) is 0.0625. The van der Waals surface area contributed by atoms with Crippen molar-refractivity contribution in [2.45, 2.75) is 6.61 Å². The zero-order valence-electron chi connectivity index (χ0n) is 11.4. The number of hydrogen-bond acceptors (Lipinski definition) is 4. The number of benzene rings is 2. The Hall–Kier alpha value is -2.66. The third kappa shape index (κ3) is 4.43. The van der Waals surface area contributed by atoms with E-state index in [0.29, 0.717) is 5.02 Å². The van der Waals surface area contributed by atoms with Gasteiger partial charge < -0.3 is 4.74 Å². The first-order valence-corrected chi connectivity index (χ1v) is 6.76. The van der Waals surface area contributed by atoms with Gasteiger partial charge in [0.15, 0.2) is 0 Å². The second-order valence-electron chi connectivity index (χ2n) is 4.36. The topological polar surface area (TPSA) is 72.5 Å². The number of carbonyl (C=O) groups excluding carboxylic acids is 3. The number of ether oxygens (including phenoxy) is 1. The van der Waals surface area contributed by atoms with E-state index < -0.39 is 17.8 Å². The molecule has 0 fully saturated rings. The summed E-state index contributed by atoms with van der Waals surface area (Å²) >= 11 is 5.74. The van der Waals surface area contributed by atoms with Crippen molar-refractivity contribution in [3.8, 4) is 0 Å². The minimum atomic E-state index is -1.07. The average molecular weight is 318 g/mol. The van der Waals surface area contributed by atoms with Crippen LogP contribution in [0.25, 0.3) is 0 Å². The number of Topliss-reactive ketones (excluding diaryl/α,β-unsaturated/α-hetero) is 1. The van der Waals surface area contributed by atoms with E-state index in [9.17, 15) is 14.4 Å². The number of imide groups is 1. The molecule has 2 aromatic carbocycles. The van der Waals surface area contributed by atoms with Gasteiger partial charge in [-0.2, -0.15) is 0 Å². The van der Waals surface area contributed by atoms with Gasteiger partial charge >= 0.3 is 12.0 Å². The number of halogens is 1. The van der Waals surface area contributed by atoms with Crippen molar-refractivity contribution in [1.82, 2.24) is 5.32 Å². The molecule has 6 heteroatoms. The van der Waals surface area contributed by atoms with Crippen LogP contribution in [0.2, 0.25) is 5.02 Å². The van der Waals surface area contributed by atoms with Crippen LogP contribution in [-0.4, -0.2) is 17.8 Å². The molecule has 0 saturated carbocycles. The van der Waals surface area contributed by atoms with Gasteiger partial charge in [0.05, 0.1) is 0 Å². The van der Waals surface area contributed by atoms with Crippen molar-refractivity contribution in [2.24, 2.45) is 0 Å². The lowest BCUT2D eigenvalue weighted by atomic mass is 10.1. The minimum Gasteiger partial charge on any atom is -0.444 e. The third-order valence-corrected chi connectivity index (χ3v) is 2.96. The van der Waals surface area contributed by atoms with Gasteiger partial charge in [-0.15, -0.1) is 0 Å². The highest BCUT2D eigenvalue weighted by Gasteiger charge is 2.19. The van der Waals surface area contributed by atoms with E-state index in [1.807, 2.05) is 11.4 Å². The summed E-state index contributed by atoms with van der Waals surface area (Å²) < 4.78 is 4.86. The normalized spacial score (nSPS) is 9.86. The van der Waals surface area contributed by atoms with Gasteiger partial charge in [-0.25, -0.2) is 4.79 Å². The molecule has 0 heterocycles. The Morgan fingerprint density at radius 3 is 2.41 bits per heavy atom. The fourth-order valence-corrected chi connectivity index (χ4v) is 1.86. The Bertz CT molecular complexity index is 700. The molecule has 2 amide bonds. The van der Waals surface area contributed by atoms with Crippen LogP contribution in [-0.2, 0) is 16.1 Å². The lowest BCUT2D eigenvalue weighted by Crippen LogP contribution is -2.36. The summed E-state index contributed by atoms with van der Waals surface area (Å²) in [6.07, 6.45) is -0.982. The number of rotatable bonds is 4. The quantitative estimate of drug-likeness (QED) is 0.695. The van der Waals surface area contributed by atoms with Crippen molar-refractivity contribution in [1.29, 1.82) is 0 Å². The summed E-state index contributed by atoms with van der Waals surface area (Å²) in [6.45, 7) is 0.00527. The van der Waals surface area contributed by atoms with Crippen LogP contribution in [0.4, 0.5) is 4.79 Å². The SMILES string of the molecule is O=C(NC(=O)C(=O)c1cccc(Cl)c1)OCc1ccccc1. The van der Waals surface area contributed by atoms with Crippen molar-refractivity contribution in [3.05, 3.63) is 70.7 Å². The molecule has 0 aliphatic heterocycles. The van der Waals surface area contributed by atoms with Gasteiger partial charge in [-0.05, 0) is 17.7 Å². The van der Waals surface area contributed by atoms with Gasteiger partial charge in [0.25, 0.3) is 5.78 Å². The molecule has 112 valence electrons. The number of alkyl carbamates (subject to hydrolysis) is 1. The highest BCUT2D eigenvalue weighted by atomic mass is 35.5. The number of ketones is 1. The third-order valence-electron chi connectivity index (χ3n) is 2.72. The lowest BCUT2D eigenvalue weighted by Gasteiger charge is -2.06. The molecule has 0 saturated heterocycles. The summed E-state index contributed by atoms with van der Waals surface area (Å²) in [7, 11) is 0. The molecule has 22 heavy (non-hydrogen) atoms. The minimum absolute atomic E-state index is 0.00527. The van der Waals surface area contributed by atoms with Crippen molar-refractivity contribution >= 4 is 29.4 Å². The molecular formula is C16H12ClNO4. The van der Waals surface area contributed by atoms with Crippen LogP contribution in [0.1, 0.15) is 15.9 Å². The predicted molar refractivity (Wildman–Crippen MR) is 80.6 cm³/mol. The van der Waals surface area contributed by atoms with Crippen molar-refractivity contribution in [2.75, 3.05) is 0 Å². The van der Waals surface area contributed by atoms with Crippen molar-refractivity contribution < 1.29 is 19.1 Å². The summed E-state index contributed by atoms with van der Waals surface area (Å²) in [5.41, 5.74) is 0.868. The highest BCUT2D eigenvalue weighted by Crippen LogP contribution is 2.11. The Morgan fingerprint density at radius 2 is 1.73 bits per heavy atom. The van der Waals surface area contributed by atoms with Crippen LogP contribution in [0.15, 0.2) is 54.6 Å². The van der Waals surface area contributed by atoms with Gasteiger partial charge in [0, 0.05) is 10.6 Å². The molecule has 0 unspecified atom stereocenters. The Kier molecular flexibility index (Phi) is 5.27. The van der Waals surface area contributed by atoms with Gasteiger partial charge in [-0.1, -0.05) is 54.1 Å². The van der Waals surface area contributed by atoms with E-state index >= 15 is 0 Å². The van der Waals surface area contributed by atoms with Gasteiger partial charge in [-0.3, -0.25) is 14.9 Å². The predicted octanol–water partition coefficient (Wildman–Crippen LogP) is 2.98. The summed E-state index contributed by atoms with van der Waals surface area (Å²) in [5, 5.41) is 2.20. The summed E-state index contributed by atoms with van der Waals surface area (Å²) in [6, 6.07) is 14.9. The lowest BCUT2D eigenvalue weighted by molar-refractivity contribution is -0.116. The average Bonchev–Trinajstić information content (AvgIpc) is 2.53. The van der Waals surface area contributed by atoms with E-state index in [4.69, 9.17) is 16.3 Å². The first-order chi connectivity index (χ1) is 10.6. The largest absolute Gasteiger partial charge is 0.444 e. The molecule has 0 atom stereocenters. The van der Waals surface area contributed by atoms with E-state index in [2.05, 4.69) is 0 Å². The number of hydrogen-bond donors (Lipinski definition) is 1. The second-order valence-corrected chi connectivity index (χ2v) is 4.79. The van der Waals surface area contributed by atoms with Gasteiger partial charge in [0.2, 0.25) is 0 Å². The van der Waals surface area contributed by atoms with Crippen molar-refractivity contribution in [3.63, 3.8) is 0 Å². The van der Waals surface area contributed by atoms with E-state index in [-0.39, 0.29) is 12.2 Å². The molecule has 2 rings (SSSR count). The molecule has 2 aromatic rings. The standard InChI is InChI=1S/C16H12ClNO4/c17-13-8-4-7-12(9-13)14(19)15(20)18-16(21)22-10-11-5-2-1-3-6-11/h1-9H,10H2,(H,18,20,21). The molecule has 0 spiro atoms. The molecule has 0 radical (unpaired) electrons. The molecule has 0 aliphatic rings. The van der Waals surface area contributed by atoms with E-state index in [1.165, 1.54) is 18.2 Å². The Balaban J connectivity index is 1.88. The molecule has 0 aromatic heterocycles. The zero-order chi connectivity index (χ0) is 15.9. The molecule has 5 nitrogen and oxygen atoms in total. The van der Waals surface area contributed by atoms with Crippen LogP contribution >= 0.6 is 11.6 Å². The smallest absolute Gasteiger partial charge is 0.414 e. The molecular weight excluding hydrogens is 306 g/mol. The summed E-state index contributed by atoms with van der Waals surface area (Å²) in [5.74, 6) is -1.93. The number of carbonyl (C=O) groups is 3. The van der Waals surface area contributed by atoms with Crippen LogP contribution < -0.4 is 5.32 Å². The Morgan fingerprint density at radius 1 is 1.00 bits per heavy atom. The molecule has 1 N–H and O–H groups in total. The number of amides is 2. The molecule has 0 aliphatic carbocycles.